The Morgan fingerprint density at radius 3 is 0.809 bits per heavy atom. The van der Waals surface area contributed by atoms with Crippen LogP contribution < -0.4 is 0 Å². The van der Waals surface area contributed by atoms with Gasteiger partial charge in [0.1, 0.15) is 5.41 Å². The Hall–Kier alpha value is -1.63. The van der Waals surface area contributed by atoms with E-state index in [1.54, 1.807) is 0 Å². The van der Waals surface area contributed by atoms with E-state index >= 15 is 0 Å². The van der Waals surface area contributed by atoms with Crippen LogP contribution in [-0.2, 0) is 14.4 Å². The van der Waals surface area contributed by atoms with E-state index in [-0.39, 0.29) is 12.8 Å². The standard InChI is InChI=1S/C40H76O7/c1-3-5-7-9-11-13-15-17-19-20-22-24-26-28-30-32-34-39(37(43)44,40(47,38(45)46)35-36(41)42)33-31-29-27-25-23-21-18-16-14-12-10-8-6-4-2/h47H,3-35H2,1-2H3,(H,41,42)(H,43,44)(H,45,46). The summed E-state index contributed by atoms with van der Waals surface area (Å²) in [6, 6.07) is 0. The molecule has 0 amide bonds. The summed E-state index contributed by atoms with van der Waals surface area (Å²) in [5.74, 6) is -4.67. The van der Waals surface area contributed by atoms with E-state index in [9.17, 15) is 34.8 Å². The molecule has 4 N–H and O–H groups in total. The largest absolute Gasteiger partial charge is 0.481 e. The fourth-order valence-electron chi connectivity index (χ4n) is 7.19. The van der Waals surface area contributed by atoms with E-state index in [1.807, 2.05) is 0 Å². The summed E-state index contributed by atoms with van der Waals surface area (Å²) in [5, 5.41) is 40.9. The lowest BCUT2D eigenvalue weighted by atomic mass is 9.64. The second-order valence-electron chi connectivity index (χ2n) is 14.5. The average Bonchev–Trinajstić information content (AvgIpc) is 3.03. The first kappa shape index (κ1) is 45.4. The predicted octanol–water partition coefficient (Wildman–Crippen LogP) is 11.9. The van der Waals surface area contributed by atoms with Crippen LogP contribution in [-0.4, -0.2) is 43.9 Å². The molecule has 0 saturated heterocycles. The highest BCUT2D eigenvalue weighted by atomic mass is 16.4. The van der Waals surface area contributed by atoms with Crippen molar-refractivity contribution in [2.45, 2.75) is 231 Å². The molecule has 0 spiro atoms. The molecule has 0 bridgehead atoms. The lowest BCUT2D eigenvalue weighted by Gasteiger charge is -2.41. The summed E-state index contributed by atoms with van der Waals surface area (Å²) in [4.78, 5) is 36.5. The maximum Gasteiger partial charge on any atom is 0.337 e. The van der Waals surface area contributed by atoms with Gasteiger partial charge < -0.3 is 20.4 Å². The number of unbranched alkanes of at least 4 members (excludes halogenated alkanes) is 28. The van der Waals surface area contributed by atoms with Crippen molar-refractivity contribution in [2.75, 3.05) is 0 Å². The number of hydrogen-bond donors (Lipinski definition) is 4. The van der Waals surface area contributed by atoms with Crippen LogP contribution in [0.2, 0.25) is 0 Å². The Morgan fingerprint density at radius 2 is 0.617 bits per heavy atom. The Labute approximate surface area is 289 Å². The van der Waals surface area contributed by atoms with Crippen molar-refractivity contribution in [3.63, 3.8) is 0 Å². The van der Waals surface area contributed by atoms with Crippen LogP contribution in [0, 0.1) is 5.41 Å². The molecule has 0 aliphatic carbocycles. The second-order valence-corrected chi connectivity index (χ2v) is 14.5. The molecule has 0 aliphatic heterocycles. The number of aliphatic hydroxyl groups is 1. The van der Waals surface area contributed by atoms with Crippen LogP contribution in [0.1, 0.15) is 226 Å². The molecular formula is C40H76O7. The number of hydrogen-bond acceptors (Lipinski definition) is 4. The monoisotopic (exact) mass is 669 g/mol. The molecule has 2 atom stereocenters. The highest BCUT2D eigenvalue weighted by Crippen LogP contribution is 2.45. The third-order valence-electron chi connectivity index (χ3n) is 10.4. The van der Waals surface area contributed by atoms with Crippen molar-refractivity contribution in [1.29, 1.82) is 0 Å². The maximum atomic E-state index is 12.7. The minimum Gasteiger partial charge on any atom is -0.481 e. The molecule has 0 aromatic rings. The molecule has 0 heterocycles. The summed E-state index contributed by atoms with van der Waals surface area (Å²) >= 11 is 0. The molecule has 0 aromatic carbocycles. The van der Waals surface area contributed by atoms with Gasteiger partial charge in [0.15, 0.2) is 5.60 Å². The van der Waals surface area contributed by atoms with Crippen LogP contribution in [0.15, 0.2) is 0 Å². The van der Waals surface area contributed by atoms with E-state index in [1.165, 1.54) is 128 Å². The fraction of sp³-hybridized carbons (Fsp3) is 0.925. The first-order valence-corrected chi connectivity index (χ1v) is 20.1. The number of aliphatic carboxylic acids is 3. The van der Waals surface area contributed by atoms with Gasteiger partial charge >= 0.3 is 17.9 Å². The van der Waals surface area contributed by atoms with Crippen molar-refractivity contribution < 1.29 is 34.8 Å². The second kappa shape index (κ2) is 30.4. The van der Waals surface area contributed by atoms with Gasteiger partial charge in [0.05, 0.1) is 6.42 Å². The minimum atomic E-state index is -2.85. The van der Waals surface area contributed by atoms with Gasteiger partial charge in [0, 0.05) is 0 Å². The molecule has 0 aliphatic rings. The molecule has 7 nitrogen and oxygen atoms in total. The summed E-state index contributed by atoms with van der Waals surface area (Å²) < 4.78 is 0. The van der Waals surface area contributed by atoms with Gasteiger partial charge in [0.2, 0.25) is 0 Å². The minimum absolute atomic E-state index is 0.0324. The molecule has 278 valence electrons. The molecule has 0 rings (SSSR count). The van der Waals surface area contributed by atoms with Gasteiger partial charge in [-0.2, -0.15) is 0 Å². The molecule has 0 aromatic heterocycles. The van der Waals surface area contributed by atoms with Gasteiger partial charge in [-0.25, -0.2) is 4.79 Å². The van der Waals surface area contributed by atoms with E-state index < -0.39 is 35.3 Å². The Bertz CT molecular complexity index is 770. The number of carbonyl (C=O) groups is 3. The van der Waals surface area contributed by atoms with Gasteiger partial charge in [0.25, 0.3) is 0 Å². The van der Waals surface area contributed by atoms with Crippen molar-refractivity contribution in [2.24, 2.45) is 5.41 Å². The van der Waals surface area contributed by atoms with Crippen LogP contribution in [0.4, 0.5) is 0 Å². The van der Waals surface area contributed by atoms with Gasteiger partial charge in [-0.3, -0.25) is 9.59 Å². The average molecular weight is 669 g/mol. The maximum absolute atomic E-state index is 12.7. The van der Waals surface area contributed by atoms with Crippen molar-refractivity contribution in [3.05, 3.63) is 0 Å². The van der Waals surface area contributed by atoms with E-state index in [2.05, 4.69) is 13.8 Å². The van der Waals surface area contributed by atoms with Crippen LogP contribution in [0.25, 0.3) is 0 Å². The molecule has 2 unspecified atom stereocenters. The highest BCUT2D eigenvalue weighted by Gasteiger charge is 2.61. The molecule has 0 radical (unpaired) electrons. The smallest absolute Gasteiger partial charge is 0.337 e. The van der Waals surface area contributed by atoms with E-state index in [0.717, 1.165) is 51.4 Å². The highest BCUT2D eigenvalue weighted by molar-refractivity contribution is 5.92. The first-order valence-electron chi connectivity index (χ1n) is 20.1. The normalized spacial score (nSPS) is 14.1. The SMILES string of the molecule is CCCCCCCCCCCCCCCCCCC(CCCCCCCCCCCCCCCC)(C(=O)O)C(O)(CC(=O)O)C(=O)O. The third-order valence-corrected chi connectivity index (χ3v) is 10.4. The van der Waals surface area contributed by atoms with Gasteiger partial charge in [-0.05, 0) is 12.8 Å². The Morgan fingerprint density at radius 1 is 0.383 bits per heavy atom. The summed E-state index contributed by atoms with van der Waals surface area (Å²) in [5.41, 5.74) is -4.87. The topological polar surface area (TPSA) is 132 Å². The summed E-state index contributed by atoms with van der Waals surface area (Å²) in [6.45, 7) is 4.49. The summed E-state index contributed by atoms with van der Waals surface area (Å²) in [7, 11) is 0. The first-order chi connectivity index (χ1) is 22.7. The zero-order valence-electron chi connectivity index (χ0n) is 30.8. The number of carboxylic acid groups (broad SMARTS) is 3. The van der Waals surface area contributed by atoms with Crippen LogP contribution in [0.5, 0.6) is 0 Å². The van der Waals surface area contributed by atoms with Crippen molar-refractivity contribution in [3.8, 4) is 0 Å². The van der Waals surface area contributed by atoms with E-state index in [4.69, 9.17) is 0 Å². The quantitative estimate of drug-likeness (QED) is 0.0484. The van der Waals surface area contributed by atoms with Crippen LogP contribution in [0.3, 0.4) is 0 Å². The molecular weight excluding hydrogens is 592 g/mol. The Kier molecular flexibility index (Phi) is 29.4. The number of rotatable bonds is 37. The molecule has 0 fully saturated rings. The van der Waals surface area contributed by atoms with Crippen molar-refractivity contribution >= 4 is 17.9 Å². The van der Waals surface area contributed by atoms with Gasteiger partial charge in [-0.15, -0.1) is 0 Å². The zero-order valence-corrected chi connectivity index (χ0v) is 30.8. The summed E-state index contributed by atoms with van der Waals surface area (Å²) in [6.07, 6.45) is 33.6. The van der Waals surface area contributed by atoms with Crippen LogP contribution >= 0.6 is 0 Å². The fourth-order valence-corrected chi connectivity index (χ4v) is 7.19. The zero-order chi connectivity index (χ0) is 35.1. The molecule has 47 heavy (non-hydrogen) atoms. The third kappa shape index (κ3) is 21.9. The van der Waals surface area contributed by atoms with E-state index in [0.29, 0.717) is 12.8 Å². The molecule has 7 heteroatoms. The van der Waals surface area contributed by atoms with Gasteiger partial charge in [-0.1, -0.05) is 206 Å². The Balaban J connectivity index is 4.54. The lowest BCUT2D eigenvalue weighted by Crippen LogP contribution is -2.59. The number of carboxylic acids is 3. The predicted molar refractivity (Wildman–Crippen MR) is 194 cm³/mol. The lowest BCUT2D eigenvalue weighted by molar-refractivity contribution is -0.196. The molecule has 0 saturated carbocycles. The van der Waals surface area contributed by atoms with Crippen molar-refractivity contribution in [1.82, 2.24) is 0 Å².